The van der Waals surface area contributed by atoms with Gasteiger partial charge >= 0.3 is 0 Å². The van der Waals surface area contributed by atoms with E-state index in [1.165, 1.54) is 11.3 Å². The molecule has 0 radical (unpaired) electrons. The largest absolute Gasteiger partial charge is 0.359 e. The van der Waals surface area contributed by atoms with Crippen LogP contribution in [0.4, 0.5) is 5.13 Å². The fourth-order valence-electron chi connectivity index (χ4n) is 1.23. The van der Waals surface area contributed by atoms with Gasteiger partial charge in [-0.25, -0.2) is 4.98 Å². The predicted octanol–water partition coefficient (Wildman–Crippen LogP) is 5.00. The van der Waals surface area contributed by atoms with E-state index in [9.17, 15) is 0 Å². The van der Waals surface area contributed by atoms with Gasteiger partial charge in [-0.3, -0.25) is 0 Å². The summed E-state index contributed by atoms with van der Waals surface area (Å²) in [5, 5.41) is 6.14. The zero-order valence-electron chi connectivity index (χ0n) is 8.75. The molecule has 0 aromatic carbocycles. The minimum Gasteiger partial charge on any atom is -0.359 e. The summed E-state index contributed by atoms with van der Waals surface area (Å²) in [5.74, 6) is 0. The van der Waals surface area contributed by atoms with Crippen molar-refractivity contribution < 1.29 is 0 Å². The van der Waals surface area contributed by atoms with Crippen molar-refractivity contribution in [3.05, 3.63) is 20.1 Å². The van der Waals surface area contributed by atoms with Crippen molar-refractivity contribution in [2.75, 3.05) is 5.32 Å². The number of thiophene rings is 1. The average Bonchev–Trinajstić information content (AvgIpc) is 2.72. The lowest BCUT2D eigenvalue weighted by atomic mass is 10.3. The normalized spacial score (nSPS) is 11.1. The second-order valence-electron chi connectivity index (χ2n) is 3.57. The van der Waals surface area contributed by atoms with E-state index in [1.54, 1.807) is 11.3 Å². The third-order valence-electron chi connectivity index (χ3n) is 1.85. The Morgan fingerprint density at radius 2 is 2.12 bits per heavy atom. The molecule has 2 aromatic rings. The summed E-state index contributed by atoms with van der Waals surface area (Å²) in [6.45, 7) is 4.16. The quantitative estimate of drug-likeness (QED) is 0.861. The molecule has 0 saturated heterocycles. The molecule has 0 atom stereocenters. The molecule has 2 heterocycles. The predicted molar refractivity (Wildman–Crippen MR) is 74.2 cm³/mol. The minimum absolute atomic E-state index is 0.375. The maximum absolute atomic E-state index is 6.07. The Morgan fingerprint density at radius 3 is 2.69 bits per heavy atom. The van der Waals surface area contributed by atoms with Crippen LogP contribution >= 0.6 is 45.9 Å². The van der Waals surface area contributed by atoms with Gasteiger partial charge < -0.3 is 5.32 Å². The lowest BCUT2D eigenvalue weighted by Crippen LogP contribution is -2.08. The van der Waals surface area contributed by atoms with E-state index in [4.69, 9.17) is 23.2 Å². The Kier molecular flexibility index (Phi) is 3.74. The van der Waals surface area contributed by atoms with Crippen LogP contribution in [-0.2, 0) is 0 Å². The molecule has 2 nitrogen and oxygen atoms in total. The molecule has 2 rings (SSSR count). The Bertz CT molecular complexity index is 491. The summed E-state index contributed by atoms with van der Waals surface area (Å²) >= 11 is 14.9. The van der Waals surface area contributed by atoms with Gasteiger partial charge in [-0.1, -0.05) is 23.2 Å². The second-order valence-corrected chi connectivity index (χ2v) is 6.72. The molecular weight excluding hydrogens is 283 g/mol. The van der Waals surface area contributed by atoms with Crippen LogP contribution in [0.1, 0.15) is 13.8 Å². The summed E-state index contributed by atoms with van der Waals surface area (Å²) in [5.41, 5.74) is 1.78. The van der Waals surface area contributed by atoms with Gasteiger partial charge in [0, 0.05) is 17.0 Å². The average molecular weight is 293 g/mol. The summed E-state index contributed by atoms with van der Waals surface area (Å²) in [4.78, 5) is 4.47. The van der Waals surface area contributed by atoms with Crippen molar-refractivity contribution in [3.63, 3.8) is 0 Å². The summed E-state index contributed by atoms with van der Waals surface area (Å²) < 4.78 is 1.37. The Morgan fingerprint density at radius 1 is 1.38 bits per heavy atom. The maximum atomic E-state index is 6.07. The number of halogens is 2. The van der Waals surface area contributed by atoms with Crippen molar-refractivity contribution in [2.45, 2.75) is 19.9 Å². The van der Waals surface area contributed by atoms with E-state index in [0.717, 1.165) is 16.4 Å². The van der Waals surface area contributed by atoms with Crippen LogP contribution in [-0.4, -0.2) is 11.0 Å². The van der Waals surface area contributed by atoms with Crippen LogP contribution in [0.25, 0.3) is 11.3 Å². The molecule has 6 heteroatoms. The number of anilines is 1. The van der Waals surface area contributed by atoms with Crippen LogP contribution < -0.4 is 5.32 Å². The smallest absolute Gasteiger partial charge is 0.183 e. The van der Waals surface area contributed by atoms with Gasteiger partial charge in [0.2, 0.25) is 0 Å². The number of hydrogen-bond donors (Lipinski definition) is 1. The fraction of sp³-hybridized carbons (Fsp3) is 0.300. The first-order chi connectivity index (χ1) is 7.56. The standard InChI is InChI=1S/C10H10Cl2N2S2/c1-5(2)13-10-14-7(4-15-10)6-3-8(11)16-9(6)12/h3-5H,1-2H3,(H,13,14). The lowest BCUT2D eigenvalue weighted by molar-refractivity contribution is 0.897. The van der Waals surface area contributed by atoms with Crippen molar-refractivity contribution >= 4 is 51.0 Å². The molecule has 1 N–H and O–H groups in total. The van der Waals surface area contributed by atoms with Crippen LogP contribution in [0.3, 0.4) is 0 Å². The molecule has 0 unspecified atom stereocenters. The fourth-order valence-corrected chi connectivity index (χ4v) is 3.56. The molecule has 0 aliphatic carbocycles. The molecule has 0 aliphatic heterocycles. The van der Waals surface area contributed by atoms with Crippen LogP contribution in [0.2, 0.25) is 8.67 Å². The summed E-state index contributed by atoms with van der Waals surface area (Å²) in [7, 11) is 0. The van der Waals surface area contributed by atoms with Gasteiger partial charge in [0.15, 0.2) is 5.13 Å². The highest BCUT2D eigenvalue weighted by Crippen LogP contribution is 2.38. The first-order valence-electron chi connectivity index (χ1n) is 4.73. The number of nitrogens with zero attached hydrogens (tertiary/aromatic N) is 1. The first-order valence-corrected chi connectivity index (χ1v) is 7.18. The molecule has 86 valence electrons. The van der Waals surface area contributed by atoms with Gasteiger partial charge in [-0.15, -0.1) is 22.7 Å². The third-order valence-corrected chi connectivity index (χ3v) is 4.11. The summed E-state index contributed by atoms with van der Waals surface area (Å²) in [6, 6.07) is 2.23. The highest BCUT2D eigenvalue weighted by Gasteiger charge is 2.12. The van der Waals surface area contributed by atoms with Crippen LogP contribution in [0, 0.1) is 0 Å². The molecule has 0 fully saturated rings. The van der Waals surface area contributed by atoms with E-state index < -0.39 is 0 Å². The van der Waals surface area contributed by atoms with Gasteiger partial charge in [0.25, 0.3) is 0 Å². The first kappa shape index (κ1) is 12.2. The third kappa shape index (κ3) is 2.69. The topological polar surface area (TPSA) is 24.9 Å². The van der Waals surface area contributed by atoms with E-state index in [2.05, 4.69) is 24.1 Å². The Labute approximate surface area is 112 Å². The van der Waals surface area contributed by atoms with Crippen molar-refractivity contribution in [1.29, 1.82) is 0 Å². The van der Waals surface area contributed by atoms with E-state index in [0.29, 0.717) is 14.7 Å². The molecule has 0 amide bonds. The number of nitrogens with one attached hydrogen (secondary N) is 1. The van der Waals surface area contributed by atoms with Crippen molar-refractivity contribution in [3.8, 4) is 11.3 Å². The van der Waals surface area contributed by atoms with Crippen molar-refractivity contribution in [2.24, 2.45) is 0 Å². The Hall–Kier alpha value is -0.290. The molecule has 0 bridgehead atoms. The number of thiazole rings is 1. The van der Waals surface area contributed by atoms with Gasteiger partial charge in [0.1, 0.15) is 4.34 Å². The highest BCUT2D eigenvalue weighted by molar-refractivity contribution is 7.20. The monoisotopic (exact) mass is 292 g/mol. The van der Waals surface area contributed by atoms with E-state index in [1.807, 2.05) is 11.4 Å². The molecule has 2 aromatic heterocycles. The molecule has 16 heavy (non-hydrogen) atoms. The van der Waals surface area contributed by atoms with E-state index >= 15 is 0 Å². The number of aromatic nitrogens is 1. The Balaban J connectivity index is 2.28. The van der Waals surface area contributed by atoms with Gasteiger partial charge in [0.05, 0.1) is 10.0 Å². The number of hydrogen-bond acceptors (Lipinski definition) is 4. The highest BCUT2D eigenvalue weighted by atomic mass is 35.5. The SMILES string of the molecule is CC(C)Nc1nc(-c2cc(Cl)sc2Cl)cs1. The van der Waals surface area contributed by atoms with Crippen LogP contribution in [0.15, 0.2) is 11.4 Å². The van der Waals surface area contributed by atoms with Gasteiger partial charge in [-0.05, 0) is 19.9 Å². The zero-order chi connectivity index (χ0) is 11.7. The van der Waals surface area contributed by atoms with Crippen LogP contribution in [0.5, 0.6) is 0 Å². The van der Waals surface area contributed by atoms with Crippen molar-refractivity contribution in [1.82, 2.24) is 4.98 Å². The maximum Gasteiger partial charge on any atom is 0.183 e. The van der Waals surface area contributed by atoms with Gasteiger partial charge in [-0.2, -0.15) is 0 Å². The van der Waals surface area contributed by atoms with E-state index in [-0.39, 0.29) is 0 Å². The minimum atomic E-state index is 0.375. The second kappa shape index (κ2) is 4.92. The zero-order valence-corrected chi connectivity index (χ0v) is 11.9. The molecule has 0 aliphatic rings. The molecule has 0 spiro atoms. The molecular formula is C10H10Cl2N2S2. The summed E-state index contributed by atoms with van der Waals surface area (Å²) in [6.07, 6.45) is 0. The molecule has 0 saturated carbocycles. The lowest BCUT2D eigenvalue weighted by Gasteiger charge is -2.04. The number of rotatable bonds is 3.